The van der Waals surface area contributed by atoms with Gasteiger partial charge in [0.2, 0.25) is 5.91 Å². The Morgan fingerprint density at radius 1 is 1.16 bits per heavy atom. The quantitative estimate of drug-likeness (QED) is 0.607. The lowest BCUT2D eigenvalue weighted by atomic mass is 9.96. The summed E-state index contributed by atoms with van der Waals surface area (Å²) in [4.78, 5) is 25.9. The van der Waals surface area contributed by atoms with Gasteiger partial charge in [-0.15, -0.1) is 11.3 Å². The van der Waals surface area contributed by atoms with Gasteiger partial charge in [-0.1, -0.05) is 30.3 Å². The Balaban J connectivity index is 1.20. The van der Waals surface area contributed by atoms with Crippen molar-refractivity contribution in [3.05, 3.63) is 70.6 Å². The largest absolute Gasteiger partial charge is 0.353 e. The molecule has 2 aromatic carbocycles. The average molecular weight is 448 g/mol. The molecule has 3 atom stereocenters. The first kappa shape index (κ1) is 21.2. The van der Waals surface area contributed by atoms with Crippen LogP contribution in [0.4, 0.5) is 0 Å². The molecule has 1 unspecified atom stereocenters. The van der Waals surface area contributed by atoms with E-state index in [2.05, 4.69) is 59.3 Å². The van der Waals surface area contributed by atoms with E-state index in [9.17, 15) is 9.59 Å². The summed E-state index contributed by atoms with van der Waals surface area (Å²) < 4.78 is 1.35. The summed E-state index contributed by atoms with van der Waals surface area (Å²) in [6.07, 6.45) is 3.45. The summed E-state index contributed by atoms with van der Waals surface area (Å²) in [6.45, 7) is 3.51. The number of nitrogens with zero attached hydrogens (tertiary/aromatic N) is 1. The van der Waals surface area contributed by atoms with Crippen molar-refractivity contribution in [1.29, 1.82) is 0 Å². The van der Waals surface area contributed by atoms with Crippen LogP contribution < -0.4 is 10.6 Å². The molecule has 1 saturated carbocycles. The smallest absolute Gasteiger partial charge is 0.254 e. The number of amides is 2. The SMILES string of the molecule is C[C@@H](NC1CC[C@H](c2ccc(C(=O)N3CCNC(=O)C3)cc2)C1)c1csc2ccccc12. The minimum atomic E-state index is -0.0876. The minimum absolute atomic E-state index is 0.0609. The van der Waals surface area contributed by atoms with Crippen LogP contribution in [0.3, 0.4) is 0 Å². The van der Waals surface area contributed by atoms with Crippen molar-refractivity contribution in [3.8, 4) is 0 Å². The highest BCUT2D eigenvalue weighted by Crippen LogP contribution is 2.37. The average Bonchev–Trinajstić information content (AvgIpc) is 3.46. The van der Waals surface area contributed by atoms with E-state index in [1.165, 1.54) is 27.6 Å². The molecule has 166 valence electrons. The Morgan fingerprint density at radius 3 is 2.78 bits per heavy atom. The lowest BCUT2D eigenvalue weighted by Gasteiger charge is -2.26. The predicted octanol–water partition coefficient (Wildman–Crippen LogP) is 4.46. The van der Waals surface area contributed by atoms with Gasteiger partial charge in [0.15, 0.2) is 0 Å². The summed E-state index contributed by atoms with van der Waals surface area (Å²) in [7, 11) is 0. The summed E-state index contributed by atoms with van der Waals surface area (Å²) in [6, 6.07) is 17.5. The molecule has 1 aromatic heterocycles. The first-order valence-corrected chi connectivity index (χ1v) is 12.3. The van der Waals surface area contributed by atoms with E-state index < -0.39 is 0 Å². The van der Waals surface area contributed by atoms with Crippen LogP contribution in [0.25, 0.3) is 10.1 Å². The number of hydrogen-bond acceptors (Lipinski definition) is 4. The Hall–Kier alpha value is -2.70. The van der Waals surface area contributed by atoms with Gasteiger partial charge in [-0.05, 0) is 72.2 Å². The first-order chi connectivity index (χ1) is 15.6. The molecular formula is C26H29N3O2S. The normalized spacial score (nSPS) is 22.2. The zero-order valence-electron chi connectivity index (χ0n) is 18.3. The molecule has 5 nitrogen and oxygen atoms in total. The van der Waals surface area contributed by atoms with E-state index in [0.717, 1.165) is 12.8 Å². The molecular weight excluding hydrogens is 418 g/mol. The van der Waals surface area contributed by atoms with E-state index >= 15 is 0 Å². The van der Waals surface area contributed by atoms with Gasteiger partial charge < -0.3 is 15.5 Å². The van der Waals surface area contributed by atoms with Crippen molar-refractivity contribution < 1.29 is 9.59 Å². The molecule has 1 aliphatic heterocycles. The van der Waals surface area contributed by atoms with Crippen LogP contribution in [0.15, 0.2) is 53.9 Å². The number of fused-ring (bicyclic) bond motifs is 1. The molecule has 2 fully saturated rings. The van der Waals surface area contributed by atoms with E-state index in [0.29, 0.717) is 36.7 Å². The maximum absolute atomic E-state index is 12.7. The van der Waals surface area contributed by atoms with Crippen LogP contribution in [0.5, 0.6) is 0 Å². The summed E-state index contributed by atoms with van der Waals surface area (Å²) >= 11 is 1.82. The van der Waals surface area contributed by atoms with Crippen molar-refractivity contribution in [2.24, 2.45) is 0 Å². The first-order valence-electron chi connectivity index (χ1n) is 11.5. The molecule has 2 aliphatic rings. The molecule has 0 radical (unpaired) electrons. The molecule has 1 saturated heterocycles. The Bertz CT molecular complexity index is 1120. The molecule has 6 heteroatoms. The maximum Gasteiger partial charge on any atom is 0.254 e. The Kier molecular flexibility index (Phi) is 5.98. The fourth-order valence-electron chi connectivity index (χ4n) is 5.11. The van der Waals surface area contributed by atoms with Crippen molar-refractivity contribution in [3.63, 3.8) is 0 Å². The van der Waals surface area contributed by atoms with Crippen LogP contribution in [0.2, 0.25) is 0 Å². The monoisotopic (exact) mass is 447 g/mol. The highest BCUT2D eigenvalue weighted by Gasteiger charge is 2.28. The van der Waals surface area contributed by atoms with E-state index in [4.69, 9.17) is 0 Å². The number of rotatable bonds is 5. The van der Waals surface area contributed by atoms with Crippen LogP contribution in [-0.2, 0) is 4.79 Å². The van der Waals surface area contributed by atoms with Crippen LogP contribution in [0.1, 0.15) is 59.6 Å². The molecule has 0 spiro atoms. The molecule has 2 N–H and O–H groups in total. The third-order valence-electron chi connectivity index (χ3n) is 6.85. The standard InChI is InChI=1S/C26H29N3O2S/c1-17(23-16-32-24-5-3-2-4-22(23)24)28-21-11-10-20(14-21)18-6-8-19(9-7-18)26(31)29-13-12-27-25(30)15-29/h2-9,16-17,20-21,28H,10-15H2,1H3,(H,27,30)/t17-,20+,21?/m1/s1. The minimum Gasteiger partial charge on any atom is -0.353 e. The van der Waals surface area contributed by atoms with Gasteiger partial charge in [0.05, 0.1) is 6.54 Å². The number of nitrogens with one attached hydrogen (secondary N) is 2. The van der Waals surface area contributed by atoms with Gasteiger partial charge >= 0.3 is 0 Å². The Morgan fingerprint density at radius 2 is 1.97 bits per heavy atom. The molecule has 3 aromatic rings. The third-order valence-corrected chi connectivity index (χ3v) is 7.83. The second-order valence-corrected chi connectivity index (χ2v) is 9.89. The van der Waals surface area contributed by atoms with Crippen LogP contribution in [0, 0.1) is 0 Å². The second-order valence-electron chi connectivity index (χ2n) is 8.98. The number of carbonyl (C=O) groups is 2. The highest BCUT2D eigenvalue weighted by molar-refractivity contribution is 7.17. The third kappa shape index (κ3) is 4.30. The van der Waals surface area contributed by atoms with Crippen molar-refractivity contribution in [1.82, 2.24) is 15.5 Å². The lowest BCUT2D eigenvalue weighted by molar-refractivity contribution is -0.123. The lowest BCUT2D eigenvalue weighted by Crippen LogP contribution is -2.49. The molecule has 2 amide bonds. The number of benzene rings is 2. The topological polar surface area (TPSA) is 61.4 Å². The highest BCUT2D eigenvalue weighted by atomic mass is 32.1. The molecule has 1 aliphatic carbocycles. The van der Waals surface area contributed by atoms with Gasteiger partial charge in [0.1, 0.15) is 0 Å². The summed E-state index contributed by atoms with van der Waals surface area (Å²) in [5.74, 6) is 0.369. The van der Waals surface area contributed by atoms with Gasteiger partial charge in [0.25, 0.3) is 5.91 Å². The fraction of sp³-hybridized carbons (Fsp3) is 0.385. The number of carbonyl (C=O) groups excluding carboxylic acids is 2. The van der Waals surface area contributed by atoms with E-state index in [-0.39, 0.29) is 18.4 Å². The predicted molar refractivity (Wildman–Crippen MR) is 129 cm³/mol. The van der Waals surface area contributed by atoms with E-state index in [1.807, 2.05) is 23.5 Å². The zero-order chi connectivity index (χ0) is 22.1. The number of piperazine rings is 1. The number of hydrogen-bond donors (Lipinski definition) is 2. The number of thiophene rings is 1. The van der Waals surface area contributed by atoms with Crippen molar-refractivity contribution in [2.45, 2.75) is 44.2 Å². The van der Waals surface area contributed by atoms with Crippen LogP contribution >= 0.6 is 11.3 Å². The van der Waals surface area contributed by atoms with Crippen molar-refractivity contribution >= 4 is 33.2 Å². The second kappa shape index (κ2) is 9.04. The molecule has 32 heavy (non-hydrogen) atoms. The molecule has 2 heterocycles. The van der Waals surface area contributed by atoms with E-state index in [1.54, 1.807) is 4.90 Å². The van der Waals surface area contributed by atoms with Crippen molar-refractivity contribution in [2.75, 3.05) is 19.6 Å². The van der Waals surface area contributed by atoms with Gasteiger partial charge in [0, 0.05) is 35.4 Å². The summed E-state index contributed by atoms with van der Waals surface area (Å²) in [5, 5.41) is 10.3. The molecule has 0 bridgehead atoms. The molecule has 5 rings (SSSR count). The van der Waals surface area contributed by atoms with Crippen LogP contribution in [-0.4, -0.2) is 42.4 Å². The maximum atomic E-state index is 12.7. The Labute approximate surface area is 192 Å². The zero-order valence-corrected chi connectivity index (χ0v) is 19.2. The van der Waals surface area contributed by atoms with Gasteiger partial charge in [-0.2, -0.15) is 0 Å². The summed E-state index contributed by atoms with van der Waals surface area (Å²) in [5.41, 5.74) is 3.35. The fourth-order valence-corrected chi connectivity index (χ4v) is 6.16. The van der Waals surface area contributed by atoms with Gasteiger partial charge in [-0.3, -0.25) is 9.59 Å². The van der Waals surface area contributed by atoms with Gasteiger partial charge in [-0.25, -0.2) is 0 Å².